The maximum absolute atomic E-state index is 4.93. The van der Waals surface area contributed by atoms with Crippen LogP contribution in [-0.2, 0) is 20.8 Å². The molecule has 4 heteroatoms. The fourth-order valence-electron chi connectivity index (χ4n) is 9.96. The summed E-state index contributed by atoms with van der Waals surface area (Å²) in [6.07, 6.45) is 19.2. The van der Waals surface area contributed by atoms with Gasteiger partial charge in [-0.25, -0.2) is 0 Å². The second-order valence-electron chi connectivity index (χ2n) is 12.8. The Morgan fingerprint density at radius 3 is 1.88 bits per heavy atom. The van der Waals surface area contributed by atoms with E-state index in [0.717, 1.165) is 47.3 Å². The third-order valence-corrected chi connectivity index (χ3v) is 16.4. The van der Waals surface area contributed by atoms with Crippen LogP contribution in [0.2, 0.25) is 24.2 Å². The molecule has 9 atom stereocenters. The van der Waals surface area contributed by atoms with Gasteiger partial charge in [0, 0.05) is 0 Å². The molecule has 0 aromatic carbocycles. The maximum atomic E-state index is 4.93. The van der Waals surface area contributed by atoms with Crippen molar-refractivity contribution in [3.05, 3.63) is 14.9 Å². The SMILES string of the molecule is CC(C)C1CC([Si](C)(C)C2CCC3CC4CCCC4CC32)C2CCCCC12.[CH3-].[CH3-].[Cl][Zr+2][Cl]. The molecule has 5 saturated carbocycles. The Morgan fingerprint density at radius 1 is 0.656 bits per heavy atom. The van der Waals surface area contributed by atoms with E-state index in [2.05, 4.69) is 26.9 Å². The van der Waals surface area contributed by atoms with E-state index in [1.807, 2.05) is 0 Å². The Labute approximate surface area is 221 Å². The summed E-state index contributed by atoms with van der Waals surface area (Å²) in [5.41, 5.74) is 2.35. The monoisotopic (exact) mass is 576 g/mol. The second-order valence-corrected chi connectivity index (χ2v) is 21.6. The summed E-state index contributed by atoms with van der Waals surface area (Å²) in [5, 5.41) is 0. The fraction of sp³-hybridized carbons (Fsp3) is 0.929. The van der Waals surface area contributed by atoms with Crippen molar-refractivity contribution in [2.45, 2.75) is 115 Å². The molecule has 0 nitrogen and oxygen atoms in total. The average molecular weight is 579 g/mol. The predicted molar refractivity (Wildman–Crippen MR) is 144 cm³/mol. The zero-order chi connectivity index (χ0) is 21.5. The van der Waals surface area contributed by atoms with Gasteiger partial charge in [-0.15, -0.1) is 0 Å². The molecule has 0 aromatic heterocycles. The van der Waals surface area contributed by atoms with Crippen LogP contribution in [0, 0.1) is 62.2 Å². The van der Waals surface area contributed by atoms with Gasteiger partial charge in [0.2, 0.25) is 0 Å². The molecule has 5 aliphatic rings. The van der Waals surface area contributed by atoms with Gasteiger partial charge in [-0.1, -0.05) is 78.3 Å². The Bertz CT molecular complexity index is 568. The van der Waals surface area contributed by atoms with Gasteiger partial charge >= 0.3 is 37.9 Å². The van der Waals surface area contributed by atoms with E-state index in [1.54, 1.807) is 70.6 Å². The third kappa shape index (κ3) is 5.80. The molecule has 0 radical (unpaired) electrons. The molecule has 0 amide bonds. The first-order valence-corrected chi connectivity index (χ1v) is 22.8. The molecule has 186 valence electrons. The summed E-state index contributed by atoms with van der Waals surface area (Å²) < 4.78 is 0. The molecule has 32 heavy (non-hydrogen) atoms. The first kappa shape index (κ1) is 29.9. The molecule has 0 aliphatic heterocycles. The van der Waals surface area contributed by atoms with E-state index in [4.69, 9.17) is 17.0 Å². The summed E-state index contributed by atoms with van der Waals surface area (Å²) in [5.74, 6) is 8.83. The van der Waals surface area contributed by atoms with Crippen molar-refractivity contribution in [1.82, 2.24) is 0 Å². The van der Waals surface area contributed by atoms with Crippen molar-refractivity contribution in [1.29, 1.82) is 0 Å². The standard InChI is InChI=1S/C26H46Si.2CH3.2ClH.Zr/c1-17(2)23-16-26(22-11-6-5-10-21(22)23)27(3,4)25-13-12-20-14-18-8-7-9-19(18)15-24(20)25;;;;;/h17-26H,5-16H2,1-4H3;2*1H3;2*1H;/q;2*-1;;;+4/p-2. The van der Waals surface area contributed by atoms with Gasteiger partial charge in [-0.05, 0) is 84.1 Å². The van der Waals surface area contributed by atoms with Gasteiger partial charge in [-0.2, -0.15) is 0 Å². The van der Waals surface area contributed by atoms with Gasteiger partial charge in [0.05, 0.1) is 8.07 Å². The first-order chi connectivity index (χ1) is 14.4. The van der Waals surface area contributed by atoms with Crippen LogP contribution in [0.25, 0.3) is 0 Å². The Hall–Kier alpha value is 1.68. The summed E-state index contributed by atoms with van der Waals surface area (Å²) in [7, 11) is 8.68. The van der Waals surface area contributed by atoms with Gasteiger partial charge in [0.15, 0.2) is 0 Å². The molecule has 5 aliphatic carbocycles. The van der Waals surface area contributed by atoms with Crippen molar-refractivity contribution in [3.8, 4) is 0 Å². The molecule has 0 aromatic rings. The van der Waals surface area contributed by atoms with Crippen molar-refractivity contribution < 1.29 is 20.8 Å². The summed E-state index contributed by atoms with van der Waals surface area (Å²) >= 11 is -0.826. The average Bonchev–Trinajstić information content (AvgIpc) is 3.42. The zero-order valence-corrected chi connectivity index (χ0v) is 27.0. The van der Waals surface area contributed by atoms with Crippen LogP contribution in [0.3, 0.4) is 0 Å². The molecule has 0 spiro atoms. The van der Waals surface area contributed by atoms with Crippen LogP contribution in [0.5, 0.6) is 0 Å². The Kier molecular flexibility index (Phi) is 11.9. The second kappa shape index (κ2) is 12.8. The Morgan fingerprint density at radius 2 is 1.25 bits per heavy atom. The first-order valence-electron chi connectivity index (χ1n) is 13.3. The van der Waals surface area contributed by atoms with Crippen molar-refractivity contribution in [2.24, 2.45) is 47.3 Å². The minimum absolute atomic E-state index is 0. The van der Waals surface area contributed by atoms with Crippen molar-refractivity contribution in [2.75, 3.05) is 0 Å². The predicted octanol–water partition coefficient (Wildman–Crippen LogP) is 10.4. The van der Waals surface area contributed by atoms with Crippen molar-refractivity contribution in [3.63, 3.8) is 0 Å². The quantitative estimate of drug-likeness (QED) is 0.231. The van der Waals surface area contributed by atoms with E-state index in [0.29, 0.717) is 0 Å². The molecule has 0 N–H and O–H groups in total. The molecular formula is C28H52Cl2SiZr. The topological polar surface area (TPSA) is 0 Å². The molecule has 0 bridgehead atoms. The normalized spacial score (nSPS) is 42.4. The van der Waals surface area contributed by atoms with E-state index in [1.165, 1.54) is 17.5 Å². The van der Waals surface area contributed by atoms with Gasteiger partial charge in [0.25, 0.3) is 0 Å². The molecule has 5 rings (SSSR count). The van der Waals surface area contributed by atoms with E-state index < -0.39 is 28.9 Å². The van der Waals surface area contributed by atoms with Gasteiger partial charge in [-0.3, -0.25) is 0 Å². The van der Waals surface area contributed by atoms with E-state index in [-0.39, 0.29) is 14.9 Å². The number of hydrogen-bond donors (Lipinski definition) is 0. The number of fused-ring (bicyclic) bond motifs is 3. The van der Waals surface area contributed by atoms with Gasteiger partial charge < -0.3 is 14.9 Å². The number of hydrogen-bond acceptors (Lipinski definition) is 0. The van der Waals surface area contributed by atoms with Crippen LogP contribution < -0.4 is 0 Å². The van der Waals surface area contributed by atoms with Crippen molar-refractivity contribution >= 4 is 25.1 Å². The van der Waals surface area contributed by atoms with Crippen LogP contribution in [0.1, 0.15) is 90.9 Å². The molecule has 5 fully saturated rings. The van der Waals surface area contributed by atoms with Crippen LogP contribution in [-0.4, -0.2) is 8.07 Å². The molecule has 0 heterocycles. The number of halogens is 2. The fourth-order valence-corrected chi connectivity index (χ4v) is 15.3. The van der Waals surface area contributed by atoms with Crippen LogP contribution in [0.15, 0.2) is 0 Å². The van der Waals surface area contributed by atoms with Crippen LogP contribution in [0.4, 0.5) is 0 Å². The van der Waals surface area contributed by atoms with Crippen LogP contribution >= 0.6 is 17.0 Å². The zero-order valence-electron chi connectivity index (χ0n) is 22.0. The summed E-state index contributed by atoms with van der Waals surface area (Å²) in [4.78, 5) is 0. The van der Waals surface area contributed by atoms with Gasteiger partial charge in [0.1, 0.15) is 0 Å². The molecule has 0 saturated heterocycles. The number of rotatable bonds is 3. The molecular weight excluding hydrogens is 527 g/mol. The Balaban J connectivity index is 0.000000690. The molecule has 9 unspecified atom stereocenters. The third-order valence-electron chi connectivity index (χ3n) is 11.2. The van der Waals surface area contributed by atoms with E-state index >= 15 is 0 Å². The van der Waals surface area contributed by atoms with E-state index in [9.17, 15) is 0 Å². The summed E-state index contributed by atoms with van der Waals surface area (Å²) in [6.45, 7) is 10.9. The summed E-state index contributed by atoms with van der Waals surface area (Å²) in [6, 6.07) is 0. The minimum atomic E-state index is -1.19.